The second-order valence-corrected chi connectivity index (χ2v) is 3.44. The summed E-state index contributed by atoms with van der Waals surface area (Å²) in [5.74, 6) is -1.28. The second kappa shape index (κ2) is 4.17. The number of nitrogens with one attached hydrogen (secondary N) is 1. The molecule has 0 amide bonds. The molecule has 2 aromatic heterocycles. The Balaban J connectivity index is 2.62. The van der Waals surface area contributed by atoms with Crippen molar-refractivity contribution in [2.75, 3.05) is 0 Å². The highest BCUT2D eigenvalue weighted by atomic mass is 16.4. The van der Waals surface area contributed by atoms with Gasteiger partial charge in [-0.15, -0.1) is 0 Å². The van der Waals surface area contributed by atoms with Crippen LogP contribution in [0, 0.1) is 6.92 Å². The number of carboxylic acids is 1. The molecular formula is C11H9N3O3. The Morgan fingerprint density at radius 2 is 2.24 bits per heavy atom. The Hall–Kier alpha value is -2.50. The summed E-state index contributed by atoms with van der Waals surface area (Å²) in [5, 5.41) is 14.8. The van der Waals surface area contributed by atoms with E-state index in [2.05, 4.69) is 15.2 Å². The predicted octanol–water partition coefficient (Wildman–Crippen LogP) is 0.839. The molecule has 0 unspecified atom stereocenters. The monoisotopic (exact) mass is 231 g/mol. The van der Waals surface area contributed by atoms with Crippen LogP contribution in [0.15, 0.2) is 29.2 Å². The van der Waals surface area contributed by atoms with Gasteiger partial charge in [0.05, 0.1) is 5.69 Å². The van der Waals surface area contributed by atoms with Crippen LogP contribution < -0.4 is 5.56 Å². The summed E-state index contributed by atoms with van der Waals surface area (Å²) < 4.78 is 0. The molecule has 0 atom stereocenters. The van der Waals surface area contributed by atoms with Crippen molar-refractivity contribution in [1.29, 1.82) is 0 Å². The van der Waals surface area contributed by atoms with Crippen molar-refractivity contribution in [1.82, 2.24) is 15.2 Å². The SMILES string of the molecule is Cc1ncccc1-c1cc(C(=O)O)c(=O)[nH]n1. The highest BCUT2D eigenvalue weighted by Gasteiger charge is 2.12. The van der Waals surface area contributed by atoms with Crippen LogP contribution in [-0.2, 0) is 0 Å². The van der Waals surface area contributed by atoms with E-state index < -0.39 is 11.5 Å². The highest BCUT2D eigenvalue weighted by molar-refractivity contribution is 5.88. The zero-order chi connectivity index (χ0) is 12.4. The van der Waals surface area contributed by atoms with Crippen molar-refractivity contribution < 1.29 is 9.90 Å². The third-order valence-corrected chi connectivity index (χ3v) is 2.32. The summed E-state index contributed by atoms with van der Waals surface area (Å²) in [4.78, 5) is 26.1. The number of aromatic nitrogens is 3. The molecule has 6 nitrogen and oxygen atoms in total. The van der Waals surface area contributed by atoms with Gasteiger partial charge < -0.3 is 5.11 Å². The van der Waals surface area contributed by atoms with Gasteiger partial charge in [0.15, 0.2) is 0 Å². The van der Waals surface area contributed by atoms with Gasteiger partial charge in [0, 0.05) is 17.5 Å². The Morgan fingerprint density at radius 1 is 1.47 bits per heavy atom. The number of H-pyrrole nitrogens is 1. The van der Waals surface area contributed by atoms with Gasteiger partial charge in [-0.25, -0.2) is 9.89 Å². The van der Waals surface area contributed by atoms with Crippen LogP contribution >= 0.6 is 0 Å². The van der Waals surface area contributed by atoms with Crippen molar-refractivity contribution in [3.8, 4) is 11.3 Å². The normalized spacial score (nSPS) is 10.2. The second-order valence-electron chi connectivity index (χ2n) is 3.44. The summed E-state index contributed by atoms with van der Waals surface area (Å²) in [6.45, 7) is 1.78. The van der Waals surface area contributed by atoms with Crippen LogP contribution in [0.2, 0.25) is 0 Å². The fourth-order valence-electron chi connectivity index (χ4n) is 1.46. The predicted molar refractivity (Wildman–Crippen MR) is 59.8 cm³/mol. The fraction of sp³-hybridized carbons (Fsp3) is 0.0909. The van der Waals surface area contributed by atoms with E-state index in [1.54, 1.807) is 25.3 Å². The lowest BCUT2D eigenvalue weighted by Gasteiger charge is -2.03. The van der Waals surface area contributed by atoms with E-state index in [1.165, 1.54) is 6.07 Å². The summed E-state index contributed by atoms with van der Waals surface area (Å²) in [5.41, 5.74) is 0.725. The van der Waals surface area contributed by atoms with Crippen molar-refractivity contribution in [3.05, 3.63) is 46.0 Å². The minimum atomic E-state index is -1.28. The van der Waals surface area contributed by atoms with Crippen molar-refractivity contribution in [2.24, 2.45) is 0 Å². The molecule has 0 aromatic carbocycles. The third-order valence-electron chi connectivity index (χ3n) is 2.32. The average Bonchev–Trinajstić information content (AvgIpc) is 2.30. The van der Waals surface area contributed by atoms with Crippen LogP contribution in [-0.4, -0.2) is 26.3 Å². The number of carbonyl (C=O) groups is 1. The van der Waals surface area contributed by atoms with E-state index in [0.29, 0.717) is 17.0 Å². The Kier molecular flexibility index (Phi) is 2.70. The summed E-state index contributed by atoms with van der Waals surface area (Å²) in [7, 11) is 0. The average molecular weight is 231 g/mol. The van der Waals surface area contributed by atoms with Crippen LogP contribution in [0.1, 0.15) is 16.1 Å². The van der Waals surface area contributed by atoms with Gasteiger partial charge in [0.25, 0.3) is 5.56 Å². The molecule has 6 heteroatoms. The first-order valence-corrected chi connectivity index (χ1v) is 4.84. The van der Waals surface area contributed by atoms with E-state index in [9.17, 15) is 9.59 Å². The third kappa shape index (κ3) is 2.05. The van der Waals surface area contributed by atoms with Gasteiger partial charge in [-0.3, -0.25) is 9.78 Å². The van der Waals surface area contributed by atoms with Crippen LogP contribution in [0.3, 0.4) is 0 Å². The maximum Gasteiger partial charge on any atom is 0.341 e. The lowest BCUT2D eigenvalue weighted by Crippen LogP contribution is -2.18. The number of aromatic amines is 1. The Labute approximate surface area is 96.0 Å². The number of hydrogen-bond acceptors (Lipinski definition) is 4. The van der Waals surface area contributed by atoms with Crippen LogP contribution in [0.25, 0.3) is 11.3 Å². The topological polar surface area (TPSA) is 95.9 Å². The number of nitrogens with zero attached hydrogens (tertiary/aromatic N) is 2. The van der Waals surface area contributed by atoms with Gasteiger partial charge in [-0.1, -0.05) is 0 Å². The standard InChI is InChI=1S/C11H9N3O3/c1-6-7(3-2-4-12-6)9-5-8(11(16)17)10(15)14-13-9/h2-5H,1H3,(H,14,15)(H,16,17). The first-order valence-electron chi connectivity index (χ1n) is 4.84. The minimum Gasteiger partial charge on any atom is -0.477 e. The van der Waals surface area contributed by atoms with E-state index in [-0.39, 0.29) is 5.56 Å². The van der Waals surface area contributed by atoms with Gasteiger partial charge in [-0.2, -0.15) is 5.10 Å². The maximum absolute atomic E-state index is 11.2. The summed E-state index contributed by atoms with van der Waals surface area (Å²) in [6, 6.07) is 4.72. The van der Waals surface area contributed by atoms with Crippen molar-refractivity contribution in [3.63, 3.8) is 0 Å². The lowest BCUT2D eigenvalue weighted by atomic mass is 10.1. The zero-order valence-electron chi connectivity index (χ0n) is 8.97. The van der Waals surface area contributed by atoms with E-state index in [0.717, 1.165) is 0 Å². The molecule has 2 aromatic rings. The summed E-state index contributed by atoms with van der Waals surface area (Å²) in [6.07, 6.45) is 1.63. The smallest absolute Gasteiger partial charge is 0.341 e. The quantitative estimate of drug-likeness (QED) is 0.798. The molecule has 86 valence electrons. The van der Waals surface area contributed by atoms with Gasteiger partial charge in [0.2, 0.25) is 0 Å². The molecule has 0 aliphatic rings. The van der Waals surface area contributed by atoms with Gasteiger partial charge in [-0.05, 0) is 25.1 Å². The minimum absolute atomic E-state index is 0.335. The molecular weight excluding hydrogens is 222 g/mol. The van der Waals surface area contributed by atoms with E-state index >= 15 is 0 Å². The van der Waals surface area contributed by atoms with Crippen LogP contribution in [0.4, 0.5) is 0 Å². The molecule has 0 radical (unpaired) electrons. The number of carboxylic acid groups (broad SMARTS) is 1. The largest absolute Gasteiger partial charge is 0.477 e. The van der Waals surface area contributed by atoms with Crippen LogP contribution in [0.5, 0.6) is 0 Å². The highest BCUT2D eigenvalue weighted by Crippen LogP contribution is 2.18. The molecule has 0 bridgehead atoms. The Bertz CT molecular complexity index is 634. The molecule has 0 saturated heterocycles. The summed E-state index contributed by atoms with van der Waals surface area (Å²) >= 11 is 0. The number of aromatic carboxylic acids is 1. The number of pyridine rings is 1. The Morgan fingerprint density at radius 3 is 2.88 bits per heavy atom. The number of rotatable bonds is 2. The molecule has 0 fully saturated rings. The molecule has 0 aliphatic carbocycles. The molecule has 2 N–H and O–H groups in total. The van der Waals surface area contributed by atoms with Gasteiger partial charge >= 0.3 is 5.97 Å². The molecule has 17 heavy (non-hydrogen) atoms. The molecule has 2 heterocycles. The molecule has 0 saturated carbocycles. The lowest BCUT2D eigenvalue weighted by molar-refractivity contribution is 0.0694. The molecule has 0 aliphatic heterocycles. The number of aryl methyl sites for hydroxylation is 1. The molecule has 0 spiro atoms. The van der Waals surface area contributed by atoms with Gasteiger partial charge in [0.1, 0.15) is 5.56 Å². The first kappa shape index (κ1) is 11.0. The number of hydrogen-bond donors (Lipinski definition) is 2. The fourth-order valence-corrected chi connectivity index (χ4v) is 1.46. The van der Waals surface area contributed by atoms with Crippen molar-refractivity contribution >= 4 is 5.97 Å². The van der Waals surface area contributed by atoms with E-state index in [1.807, 2.05) is 0 Å². The first-order chi connectivity index (χ1) is 8.09. The maximum atomic E-state index is 11.2. The molecule has 2 rings (SSSR count). The van der Waals surface area contributed by atoms with E-state index in [4.69, 9.17) is 5.11 Å². The zero-order valence-corrected chi connectivity index (χ0v) is 8.97. The van der Waals surface area contributed by atoms with Crippen molar-refractivity contribution in [2.45, 2.75) is 6.92 Å².